The van der Waals surface area contributed by atoms with Crippen LogP contribution in [0.25, 0.3) is 0 Å². The Balaban J connectivity index is 2.72. The zero-order valence-electron chi connectivity index (χ0n) is 9.51. The SMILES string of the molecule is CCN(CC)CC(Cl)c1ccc(F)c(F)c1. The van der Waals surface area contributed by atoms with E-state index < -0.39 is 11.6 Å². The fraction of sp³-hybridized carbons (Fsp3) is 0.500. The van der Waals surface area contributed by atoms with Gasteiger partial charge in [-0.3, -0.25) is 0 Å². The average molecular weight is 248 g/mol. The van der Waals surface area contributed by atoms with E-state index in [4.69, 9.17) is 11.6 Å². The maximum atomic E-state index is 13.0. The quantitative estimate of drug-likeness (QED) is 0.719. The van der Waals surface area contributed by atoms with Crippen molar-refractivity contribution in [3.05, 3.63) is 35.4 Å². The molecule has 0 saturated heterocycles. The van der Waals surface area contributed by atoms with Gasteiger partial charge in [0.15, 0.2) is 11.6 Å². The average Bonchev–Trinajstić information content (AvgIpc) is 2.29. The Hall–Kier alpha value is -0.670. The summed E-state index contributed by atoms with van der Waals surface area (Å²) in [5.74, 6) is -1.68. The Morgan fingerprint density at radius 2 is 1.81 bits per heavy atom. The summed E-state index contributed by atoms with van der Waals surface area (Å²) in [6.45, 7) is 6.50. The van der Waals surface area contributed by atoms with Crippen LogP contribution in [-0.4, -0.2) is 24.5 Å². The summed E-state index contributed by atoms with van der Waals surface area (Å²) < 4.78 is 25.7. The first kappa shape index (κ1) is 13.4. The highest BCUT2D eigenvalue weighted by Crippen LogP contribution is 2.23. The number of hydrogen-bond acceptors (Lipinski definition) is 1. The normalized spacial score (nSPS) is 13.1. The number of alkyl halides is 1. The van der Waals surface area contributed by atoms with E-state index in [1.54, 1.807) is 0 Å². The summed E-state index contributed by atoms with van der Waals surface area (Å²) in [6, 6.07) is 3.80. The first-order valence-electron chi connectivity index (χ1n) is 5.39. The van der Waals surface area contributed by atoms with Gasteiger partial charge in [-0.25, -0.2) is 8.78 Å². The molecule has 1 nitrogen and oxygen atoms in total. The summed E-state index contributed by atoms with van der Waals surface area (Å²) in [4.78, 5) is 2.14. The number of rotatable bonds is 5. The molecule has 0 amide bonds. The van der Waals surface area contributed by atoms with Gasteiger partial charge >= 0.3 is 0 Å². The summed E-state index contributed by atoms with van der Waals surface area (Å²) in [6.07, 6.45) is 0. The van der Waals surface area contributed by atoms with Gasteiger partial charge in [0.05, 0.1) is 5.38 Å². The molecule has 0 bridgehead atoms. The second-order valence-corrected chi connectivity index (χ2v) is 4.15. The maximum Gasteiger partial charge on any atom is 0.159 e. The van der Waals surface area contributed by atoms with Gasteiger partial charge in [0.1, 0.15) is 0 Å². The van der Waals surface area contributed by atoms with Crippen molar-refractivity contribution in [3.63, 3.8) is 0 Å². The van der Waals surface area contributed by atoms with Gasteiger partial charge in [0.25, 0.3) is 0 Å². The van der Waals surface area contributed by atoms with Gasteiger partial charge in [-0.2, -0.15) is 0 Å². The third-order valence-corrected chi connectivity index (χ3v) is 3.01. The van der Waals surface area contributed by atoms with E-state index in [2.05, 4.69) is 4.90 Å². The number of hydrogen-bond donors (Lipinski definition) is 0. The molecule has 16 heavy (non-hydrogen) atoms. The molecular formula is C12H16ClF2N. The Bertz CT molecular complexity index is 340. The van der Waals surface area contributed by atoms with Crippen LogP contribution in [-0.2, 0) is 0 Å². The van der Waals surface area contributed by atoms with E-state index in [1.165, 1.54) is 6.07 Å². The van der Waals surface area contributed by atoms with Crippen molar-refractivity contribution in [2.24, 2.45) is 0 Å². The molecule has 1 unspecified atom stereocenters. The van der Waals surface area contributed by atoms with Crippen molar-refractivity contribution in [2.45, 2.75) is 19.2 Å². The molecule has 4 heteroatoms. The van der Waals surface area contributed by atoms with Crippen LogP contribution in [0.5, 0.6) is 0 Å². The standard InChI is InChI=1S/C12H16ClF2N/c1-3-16(4-2)8-10(13)9-5-6-11(14)12(15)7-9/h5-7,10H,3-4,8H2,1-2H3. The first-order valence-corrected chi connectivity index (χ1v) is 5.83. The van der Waals surface area contributed by atoms with Gasteiger partial charge in [-0.1, -0.05) is 19.9 Å². The minimum absolute atomic E-state index is 0.310. The molecule has 0 fully saturated rings. The van der Waals surface area contributed by atoms with Gasteiger partial charge in [-0.05, 0) is 30.8 Å². The number of likely N-dealkylation sites (N-methyl/N-ethyl adjacent to an activating group) is 1. The molecule has 0 radical (unpaired) electrons. The lowest BCUT2D eigenvalue weighted by molar-refractivity contribution is 0.304. The lowest BCUT2D eigenvalue weighted by Gasteiger charge is -2.21. The highest BCUT2D eigenvalue weighted by Gasteiger charge is 2.13. The largest absolute Gasteiger partial charge is 0.302 e. The number of halogens is 3. The molecular weight excluding hydrogens is 232 g/mol. The minimum atomic E-state index is -0.845. The van der Waals surface area contributed by atoms with E-state index in [0.29, 0.717) is 12.1 Å². The molecule has 0 aliphatic heterocycles. The molecule has 90 valence electrons. The summed E-state index contributed by atoms with van der Waals surface area (Å²) in [5.41, 5.74) is 0.618. The fourth-order valence-electron chi connectivity index (χ4n) is 1.52. The zero-order chi connectivity index (χ0) is 12.1. The smallest absolute Gasteiger partial charge is 0.159 e. The lowest BCUT2D eigenvalue weighted by Crippen LogP contribution is -2.26. The van der Waals surface area contributed by atoms with Crippen LogP contribution in [0.4, 0.5) is 8.78 Å². The Morgan fingerprint density at radius 3 is 2.31 bits per heavy atom. The van der Waals surface area contributed by atoms with Crippen molar-refractivity contribution >= 4 is 11.6 Å². The summed E-state index contributed by atoms with van der Waals surface area (Å²) in [5, 5.41) is -0.310. The predicted octanol–water partition coefficient (Wildman–Crippen LogP) is 3.59. The first-order chi connectivity index (χ1) is 7.58. The van der Waals surface area contributed by atoms with Gasteiger partial charge < -0.3 is 4.90 Å². The van der Waals surface area contributed by atoms with E-state index in [-0.39, 0.29) is 5.38 Å². The highest BCUT2D eigenvalue weighted by molar-refractivity contribution is 6.21. The van der Waals surface area contributed by atoms with E-state index >= 15 is 0 Å². The van der Waals surface area contributed by atoms with Crippen LogP contribution in [0.3, 0.4) is 0 Å². The second kappa shape index (κ2) is 6.16. The van der Waals surface area contributed by atoms with Crippen molar-refractivity contribution in [2.75, 3.05) is 19.6 Å². The van der Waals surface area contributed by atoms with E-state index in [9.17, 15) is 8.78 Å². The molecule has 1 aromatic rings. The fourth-order valence-corrected chi connectivity index (χ4v) is 1.85. The number of benzene rings is 1. The molecule has 0 aromatic heterocycles. The number of nitrogens with zero attached hydrogens (tertiary/aromatic N) is 1. The third kappa shape index (κ3) is 3.42. The second-order valence-electron chi connectivity index (χ2n) is 3.63. The Kier molecular flexibility index (Phi) is 5.16. The Morgan fingerprint density at radius 1 is 1.19 bits per heavy atom. The molecule has 0 aliphatic carbocycles. The van der Waals surface area contributed by atoms with Gasteiger partial charge in [0, 0.05) is 6.54 Å². The van der Waals surface area contributed by atoms with Crippen LogP contribution >= 0.6 is 11.6 Å². The van der Waals surface area contributed by atoms with Crippen LogP contribution in [0.2, 0.25) is 0 Å². The predicted molar refractivity (Wildman–Crippen MR) is 62.7 cm³/mol. The molecule has 0 aliphatic rings. The van der Waals surface area contributed by atoms with Crippen molar-refractivity contribution in [3.8, 4) is 0 Å². The molecule has 1 atom stereocenters. The van der Waals surface area contributed by atoms with E-state index in [1.807, 2.05) is 13.8 Å². The highest BCUT2D eigenvalue weighted by atomic mass is 35.5. The van der Waals surface area contributed by atoms with Crippen molar-refractivity contribution in [1.29, 1.82) is 0 Å². The maximum absolute atomic E-state index is 13.0. The van der Waals surface area contributed by atoms with Gasteiger partial charge in [0.2, 0.25) is 0 Å². The summed E-state index contributed by atoms with van der Waals surface area (Å²) in [7, 11) is 0. The zero-order valence-corrected chi connectivity index (χ0v) is 10.3. The van der Waals surface area contributed by atoms with Crippen LogP contribution in [0.15, 0.2) is 18.2 Å². The summed E-state index contributed by atoms with van der Waals surface area (Å²) >= 11 is 6.15. The monoisotopic (exact) mass is 247 g/mol. The third-order valence-electron chi connectivity index (χ3n) is 2.62. The molecule has 0 spiro atoms. The Labute approximate surface area is 100 Å². The van der Waals surface area contributed by atoms with Crippen LogP contribution in [0.1, 0.15) is 24.8 Å². The topological polar surface area (TPSA) is 3.24 Å². The molecule has 0 heterocycles. The van der Waals surface area contributed by atoms with Crippen LogP contribution < -0.4 is 0 Å². The van der Waals surface area contributed by atoms with Crippen molar-refractivity contribution in [1.82, 2.24) is 4.90 Å². The van der Waals surface area contributed by atoms with E-state index in [0.717, 1.165) is 25.2 Å². The molecule has 1 rings (SSSR count). The lowest BCUT2D eigenvalue weighted by atomic mass is 10.1. The molecule has 1 aromatic carbocycles. The van der Waals surface area contributed by atoms with Crippen molar-refractivity contribution < 1.29 is 8.78 Å². The minimum Gasteiger partial charge on any atom is -0.302 e. The molecule has 0 saturated carbocycles. The van der Waals surface area contributed by atoms with Crippen LogP contribution in [0, 0.1) is 11.6 Å². The van der Waals surface area contributed by atoms with Gasteiger partial charge in [-0.15, -0.1) is 11.6 Å². The molecule has 0 N–H and O–H groups in total.